The van der Waals surface area contributed by atoms with Crippen molar-refractivity contribution in [3.05, 3.63) is 65.7 Å². The van der Waals surface area contributed by atoms with Crippen LogP contribution in [-0.2, 0) is 9.63 Å². The zero-order valence-corrected chi connectivity index (χ0v) is 16.3. The van der Waals surface area contributed by atoms with Crippen LogP contribution in [0.4, 0.5) is 0 Å². The minimum absolute atomic E-state index is 0. The van der Waals surface area contributed by atoms with Crippen molar-refractivity contribution >= 4 is 24.1 Å². The molecule has 1 unspecified atom stereocenters. The molecule has 6 nitrogen and oxygen atoms in total. The molecule has 1 atom stereocenters. The first-order valence-corrected chi connectivity index (χ1v) is 9.13. The topological polar surface area (TPSA) is 82.4 Å². The summed E-state index contributed by atoms with van der Waals surface area (Å²) in [6.45, 7) is 2.45. The molecule has 150 valence electrons. The molecule has 1 aliphatic heterocycles. The molecule has 0 saturated carbocycles. The number of hydrogen-bond donors (Lipinski definition) is 2. The maximum atomic E-state index is 11.2. The Morgan fingerprint density at radius 3 is 2.61 bits per heavy atom. The second-order valence-corrected chi connectivity index (χ2v) is 6.67. The number of phenols is 1. The van der Waals surface area contributed by atoms with Crippen LogP contribution in [-0.4, -0.2) is 53.0 Å². The molecule has 2 N–H and O–H groups in total. The highest BCUT2D eigenvalue weighted by Crippen LogP contribution is 2.18. The number of carbonyl (C=O) groups is 1. The Kier molecular flexibility index (Phi) is 8.29. The van der Waals surface area contributed by atoms with Crippen LogP contribution in [0, 0.1) is 5.92 Å². The van der Waals surface area contributed by atoms with Gasteiger partial charge in [0.15, 0.2) is 0 Å². The lowest BCUT2D eigenvalue weighted by Crippen LogP contribution is -2.40. The average molecular weight is 405 g/mol. The molecule has 1 saturated heterocycles. The third-order valence-corrected chi connectivity index (χ3v) is 4.68. The Morgan fingerprint density at radius 1 is 1.14 bits per heavy atom. The van der Waals surface area contributed by atoms with Gasteiger partial charge in [-0.2, -0.15) is 0 Å². The molecule has 0 spiro atoms. The monoisotopic (exact) mass is 404 g/mol. The lowest BCUT2D eigenvalue weighted by Gasteiger charge is -2.29. The molecular weight excluding hydrogens is 380 g/mol. The van der Waals surface area contributed by atoms with E-state index in [1.54, 1.807) is 18.2 Å². The number of hydrogen-bond acceptors (Lipinski definition) is 5. The molecule has 7 heteroatoms. The Balaban J connectivity index is 0.00000280. The molecule has 2 aromatic carbocycles. The maximum Gasteiger partial charge on any atom is 0.307 e. The molecule has 0 amide bonds. The van der Waals surface area contributed by atoms with Crippen molar-refractivity contribution in [3.63, 3.8) is 0 Å². The fourth-order valence-corrected chi connectivity index (χ4v) is 3.26. The largest absolute Gasteiger partial charge is 0.508 e. The third kappa shape index (κ3) is 5.97. The van der Waals surface area contributed by atoms with Crippen molar-refractivity contribution < 1.29 is 19.8 Å². The molecular formula is C21H25ClN2O4. The highest BCUT2D eigenvalue weighted by atomic mass is 35.5. The van der Waals surface area contributed by atoms with Crippen LogP contribution in [0.5, 0.6) is 5.75 Å². The summed E-state index contributed by atoms with van der Waals surface area (Å²) in [6, 6.07) is 16.6. The molecule has 1 fully saturated rings. The van der Waals surface area contributed by atoms with E-state index in [9.17, 15) is 15.0 Å². The van der Waals surface area contributed by atoms with Gasteiger partial charge in [-0.15, -0.1) is 12.4 Å². The Hall–Kier alpha value is -2.57. The van der Waals surface area contributed by atoms with E-state index in [2.05, 4.69) is 10.1 Å². The standard InChI is InChI=1S/C21H24N2O4.ClH/c24-19-10-4-8-17(14-19)20(16-6-2-1-3-7-16)22-27-13-12-23-11-5-9-18(15-23)21(25)26;/h1-4,6-8,10,14,18,24H,5,9,11-13,15H2,(H,25,26);1H/b22-20-;. The van der Waals surface area contributed by atoms with Gasteiger partial charge in [-0.1, -0.05) is 47.6 Å². The van der Waals surface area contributed by atoms with E-state index < -0.39 is 5.97 Å². The SMILES string of the molecule is Cl.O=C(O)C1CCCN(CCO/N=C(/c2ccccc2)c2cccc(O)c2)C1. The van der Waals surface area contributed by atoms with E-state index in [0.29, 0.717) is 25.4 Å². The van der Waals surface area contributed by atoms with Crippen molar-refractivity contribution in [3.8, 4) is 5.75 Å². The molecule has 2 aromatic rings. The number of carboxylic acid groups (broad SMARTS) is 1. The van der Waals surface area contributed by atoms with Crippen LogP contribution < -0.4 is 0 Å². The molecule has 0 radical (unpaired) electrons. The number of halogens is 1. The van der Waals surface area contributed by atoms with Gasteiger partial charge in [0, 0.05) is 24.2 Å². The Labute approximate surface area is 170 Å². The second kappa shape index (κ2) is 10.7. The second-order valence-electron chi connectivity index (χ2n) is 6.67. The number of oxime groups is 1. The van der Waals surface area contributed by atoms with E-state index in [-0.39, 0.29) is 24.1 Å². The fraction of sp³-hybridized carbons (Fsp3) is 0.333. The average Bonchev–Trinajstić information content (AvgIpc) is 2.69. The molecule has 0 bridgehead atoms. The first-order valence-electron chi connectivity index (χ1n) is 9.13. The van der Waals surface area contributed by atoms with Gasteiger partial charge in [0.1, 0.15) is 18.1 Å². The highest BCUT2D eigenvalue weighted by Gasteiger charge is 2.25. The molecule has 1 heterocycles. The Bertz CT molecular complexity index is 798. The number of aliphatic carboxylic acids is 1. The smallest absolute Gasteiger partial charge is 0.307 e. The maximum absolute atomic E-state index is 11.2. The van der Waals surface area contributed by atoms with Crippen LogP contribution in [0.3, 0.4) is 0 Å². The minimum Gasteiger partial charge on any atom is -0.508 e. The van der Waals surface area contributed by atoms with Gasteiger partial charge in [-0.3, -0.25) is 9.69 Å². The third-order valence-electron chi connectivity index (χ3n) is 4.68. The van der Waals surface area contributed by atoms with E-state index in [0.717, 1.165) is 30.5 Å². The quantitative estimate of drug-likeness (QED) is 0.420. The first-order chi connectivity index (χ1) is 13.1. The van der Waals surface area contributed by atoms with Crippen LogP contribution in [0.2, 0.25) is 0 Å². The van der Waals surface area contributed by atoms with E-state index >= 15 is 0 Å². The number of rotatable bonds is 7. The van der Waals surface area contributed by atoms with Gasteiger partial charge in [0.2, 0.25) is 0 Å². The summed E-state index contributed by atoms with van der Waals surface area (Å²) >= 11 is 0. The fourth-order valence-electron chi connectivity index (χ4n) is 3.26. The summed E-state index contributed by atoms with van der Waals surface area (Å²) < 4.78 is 0. The zero-order chi connectivity index (χ0) is 19.1. The van der Waals surface area contributed by atoms with Crippen LogP contribution >= 0.6 is 12.4 Å². The number of phenolic OH excluding ortho intramolecular Hbond substituents is 1. The van der Waals surface area contributed by atoms with Gasteiger partial charge in [0.25, 0.3) is 0 Å². The summed E-state index contributed by atoms with van der Waals surface area (Å²) in [4.78, 5) is 18.8. The first kappa shape index (κ1) is 21.7. The summed E-state index contributed by atoms with van der Waals surface area (Å²) in [7, 11) is 0. The van der Waals surface area contributed by atoms with E-state index in [1.165, 1.54) is 0 Å². The minimum atomic E-state index is -0.728. The van der Waals surface area contributed by atoms with Gasteiger partial charge in [-0.25, -0.2) is 0 Å². The van der Waals surface area contributed by atoms with Crippen LogP contribution in [0.15, 0.2) is 59.8 Å². The predicted octanol–water partition coefficient (Wildman–Crippen LogP) is 3.38. The van der Waals surface area contributed by atoms with Crippen molar-refractivity contribution in [2.24, 2.45) is 11.1 Å². The van der Waals surface area contributed by atoms with Crippen molar-refractivity contribution in [2.45, 2.75) is 12.8 Å². The molecule has 1 aliphatic rings. The number of nitrogens with zero attached hydrogens (tertiary/aromatic N) is 2. The molecule has 3 rings (SSSR count). The van der Waals surface area contributed by atoms with Crippen molar-refractivity contribution in [2.75, 3.05) is 26.2 Å². The molecule has 28 heavy (non-hydrogen) atoms. The van der Waals surface area contributed by atoms with E-state index in [4.69, 9.17) is 4.84 Å². The van der Waals surface area contributed by atoms with Crippen LogP contribution in [0.1, 0.15) is 24.0 Å². The summed E-state index contributed by atoms with van der Waals surface area (Å²) in [5, 5.41) is 23.3. The lowest BCUT2D eigenvalue weighted by atomic mass is 9.98. The van der Waals surface area contributed by atoms with Crippen molar-refractivity contribution in [1.82, 2.24) is 4.90 Å². The lowest BCUT2D eigenvalue weighted by molar-refractivity contribution is -0.143. The zero-order valence-electron chi connectivity index (χ0n) is 15.5. The summed E-state index contributed by atoms with van der Waals surface area (Å²) in [5.41, 5.74) is 2.31. The highest BCUT2D eigenvalue weighted by molar-refractivity contribution is 6.12. The van der Waals surface area contributed by atoms with Crippen LogP contribution in [0.25, 0.3) is 0 Å². The number of carboxylic acids is 1. The number of piperidine rings is 1. The normalized spacial score (nSPS) is 17.6. The Morgan fingerprint density at radius 2 is 1.89 bits per heavy atom. The predicted molar refractivity (Wildman–Crippen MR) is 110 cm³/mol. The van der Waals surface area contributed by atoms with Gasteiger partial charge >= 0.3 is 5.97 Å². The van der Waals surface area contributed by atoms with Gasteiger partial charge < -0.3 is 15.1 Å². The van der Waals surface area contributed by atoms with Gasteiger partial charge in [-0.05, 0) is 31.5 Å². The van der Waals surface area contributed by atoms with Gasteiger partial charge in [0.05, 0.1) is 5.92 Å². The number of benzene rings is 2. The van der Waals surface area contributed by atoms with E-state index in [1.807, 2.05) is 36.4 Å². The summed E-state index contributed by atoms with van der Waals surface area (Å²) in [5.74, 6) is -0.854. The number of likely N-dealkylation sites (tertiary alicyclic amines) is 1. The number of aromatic hydroxyl groups is 1. The molecule has 0 aromatic heterocycles. The summed E-state index contributed by atoms with van der Waals surface area (Å²) in [6.07, 6.45) is 1.62. The molecule has 0 aliphatic carbocycles. The van der Waals surface area contributed by atoms with Crippen molar-refractivity contribution in [1.29, 1.82) is 0 Å².